The van der Waals surface area contributed by atoms with Gasteiger partial charge in [-0.25, -0.2) is 9.48 Å². The zero-order valence-electron chi connectivity index (χ0n) is 13.8. The van der Waals surface area contributed by atoms with Crippen LogP contribution in [0.5, 0.6) is 5.75 Å². The zero-order chi connectivity index (χ0) is 16.5. The van der Waals surface area contributed by atoms with Crippen molar-refractivity contribution in [1.29, 1.82) is 0 Å². The number of hydrogen-bond donors (Lipinski definition) is 1. The number of carbonyl (C=O) groups is 1. The summed E-state index contributed by atoms with van der Waals surface area (Å²) < 4.78 is 7.14. The van der Waals surface area contributed by atoms with Crippen molar-refractivity contribution in [3.05, 3.63) is 42.1 Å². The van der Waals surface area contributed by atoms with Gasteiger partial charge in [-0.2, -0.15) is 5.10 Å². The van der Waals surface area contributed by atoms with E-state index in [1.807, 2.05) is 39.9 Å². The quantitative estimate of drug-likeness (QED) is 0.934. The predicted octanol–water partition coefficient (Wildman–Crippen LogP) is 3.60. The van der Waals surface area contributed by atoms with Crippen molar-refractivity contribution in [2.45, 2.75) is 37.8 Å². The summed E-state index contributed by atoms with van der Waals surface area (Å²) >= 11 is 0. The molecule has 1 aromatic carbocycles. The normalized spacial score (nSPS) is 20.2. The molecule has 1 N–H and O–H groups in total. The maximum Gasteiger partial charge on any atom is 0.323 e. The summed E-state index contributed by atoms with van der Waals surface area (Å²) in [6.07, 6.45) is 6.04. The van der Waals surface area contributed by atoms with Gasteiger partial charge in [0.2, 0.25) is 0 Å². The minimum absolute atomic E-state index is 0.0456. The van der Waals surface area contributed by atoms with Crippen molar-refractivity contribution in [3.63, 3.8) is 0 Å². The van der Waals surface area contributed by atoms with Crippen molar-refractivity contribution < 1.29 is 9.53 Å². The van der Waals surface area contributed by atoms with E-state index >= 15 is 0 Å². The third-order valence-corrected chi connectivity index (χ3v) is 4.81. The second-order valence-corrected chi connectivity index (χ2v) is 6.45. The van der Waals surface area contributed by atoms with E-state index < -0.39 is 0 Å². The SMILES string of the molecule is COc1ccc(C2CCCN2C(=O)Nc2ccnn2C2CC2)cc1. The minimum Gasteiger partial charge on any atom is -0.497 e. The van der Waals surface area contributed by atoms with Crippen molar-refractivity contribution in [3.8, 4) is 5.75 Å². The largest absolute Gasteiger partial charge is 0.497 e. The fourth-order valence-corrected chi connectivity index (χ4v) is 3.39. The highest BCUT2D eigenvalue weighted by Crippen LogP contribution is 2.37. The highest BCUT2D eigenvalue weighted by molar-refractivity contribution is 5.89. The molecule has 1 saturated heterocycles. The third kappa shape index (κ3) is 2.84. The smallest absolute Gasteiger partial charge is 0.323 e. The number of nitrogens with one attached hydrogen (secondary N) is 1. The number of methoxy groups -OCH3 is 1. The Hall–Kier alpha value is -2.50. The van der Waals surface area contributed by atoms with Crippen LogP contribution in [0, 0.1) is 0 Å². The van der Waals surface area contributed by atoms with Crippen LogP contribution in [-0.4, -0.2) is 34.4 Å². The second-order valence-electron chi connectivity index (χ2n) is 6.45. The average Bonchev–Trinajstić information content (AvgIpc) is 3.15. The summed E-state index contributed by atoms with van der Waals surface area (Å²) in [5.74, 6) is 1.63. The molecule has 0 radical (unpaired) electrons. The molecule has 2 aliphatic rings. The summed E-state index contributed by atoms with van der Waals surface area (Å²) in [7, 11) is 1.66. The first kappa shape index (κ1) is 15.1. The van der Waals surface area contributed by atoms with Gasteiger partial charge < -0.3 is 9.64 Å². The first-order chi connectivity index (χ1) is 11.8. The maximum absolute atomic E-state index is 12.8. The highest BCUT2D eigenvalue weighted by Gasteiger charge is 2.32. The first-order valence-corrected chi connectivity index (χ1v) is 8.51. The fraction of sp³-hybridized carbons (Fsp3) is 0.444. The monoisotopic (exact) mass is 326 g/mol. The molecule has 0 bridgehead atoms. The van der Waals surface area contributed by atoms with Crippen molar-refractivity contribution in [1.82, 2.24) is 14.7 Å². The van der Waals surface area contributed by atoms with Crippen molar-refractivity contribution in [2.24, 2.45) is 0 Å². The van der Waals surface area contributed by atoms with Crippen molar-refractivity contribution in [2.75, 3.05) is 19.0 Å². The molecule has 2 fully saturated rings. The lowest BCUT2D eigenvalue weighted by atomic mass is 10.0. The van der Waals surface area contributed by atoms with E-state index in [2.05, 4.69) is 10.4 Å². The molecule has 2 amide bonds. The lowest BCUT2D eigenvalue weighted by molar-refractivity contribution is 0.207. The highest BCUT2D eigenvalue weighted by atomic mass is 16.5. The van der Waals surface area contributed by atoms with E-state index in [4.69, 9.17) is 4.74 Å². The first-order valence-electron chi connectivity index (χ1n) is 8.51. The number of anilines is 1. The topological polar surface area (TPSA) is 59.4 Å². The van der Waals surface area contributed by atoms with Gasteiger partial charge >= 0.3 is 6.03 Å². The number of hydrogen-bond acceptors (Lipinski definition) is 3. The Labute approximate surface area is 141 Å². The van der Waals surface area contributed by atoms with Gasteiger partial charge in [0.15, 0.2) is 0 Å². The van der Waals surface area contributed by atoms with Crippen LogP contribution >= 0.6 is 0 Å². The molecule has 1 aliphatic carbocycles. The second kappa shape index (κ2) is 6.19. The molecular weight excluding hydrogens is 304 g/mol. The molecule has 2 aromatic rings. The van der Waals surface area contributed by atoms with Gasteiger partial charge in [0.25, 0.3) is 0 Å². The molecule has 1 unspecified atom stereocenters. The van der Waals surface area contributed by atoms with Gasteiger partial charge in [-0.1, -0.05) is 12.1 Å². The van der Waals surface area contributed by atoms with E-state index in [1.165, 1.54) is 0 Å². The van der Waals surface area contributed by atoms with Crippen LogP contribution < -0.4 is 10.1 Å². The molecule has 6 nitrogen and oxygen atoms in total. The zero-order valence-corrected chi connectivity index (χ0v) is 13.8. The van der Waals surface area contributed by atoms with Crippen molar-refractivity contribution >= 4 is 11.8 Å². The molecule has 1 saturated carbocycles. The van der Waals surface area contributed by atoms with E-state index in [1.54, 1.807) is 13.3 Å². The van der Waals surface area contributed by atoms with E-state index in [-0.39, 0.29) is 12.1 Å². The van der Waals surface area contributed by atoms with Crippen LogP contribution in [0.15, 0.2) is 36.5 Å². The van der Waals surface area contributed by atoms with Gasteiger partial charge in [-0.05, 0) is 43.4 Å². The van der Waals surface area contributed by atoms with Crippen LogP contribution in [0.25, 0.3) is 0 Å². The maximum atomic E-state index is 12.8. The van der Waals surface area contributed by atoms with E-state index in [0.29, 0.717) is 6.04 Å². The molecule has 126 valence electrons. The molecular formula is C18H22N4O2. The summed E-state index contributed by atoms with van der Waals surface area (Å²) in [5, 5.41) is 7.36. The molecule has 6 heteroatoms. The van der Waals surface area contributed by atoms with E-state index in [0.717, 1.165) is 49.4 Å². The Morgan fingerprint density at radius 3 is 2.71 bits per heavy atom. The van der Waals surface area contributed by atoms with E-state index in [9.17, 15) is 4.79 Å². The van der Waals surface area contributed by atoms with Crippen LogP contribution in [0.4, 0.5) is 10.6 Å². The van der Waals surface area contributed by atoms with Gasteiger partial charge in [-0.15, -0.1) is 0 Å². The number of benzene rings is 1. The molecule has 1 aliphatic heterocycles. The summed E-state index contributed by atoms with van der Waals surface area (Å²) in [6.45, 7) is 0.778. The standard InChI is InChI=1S/C18H22N4O2/c1-24-15-8-4-13(5-9-15)16-3-2-12-21(16)18(23)20-17-10-11-19-22(17)14-6-7-14/h4-5,8-11,14,16H,2-3,6-7,12H2,1H3,(H,20,23). The van der Waals surface area contributed by atoms with Crippen LogP contribution in [-0.2, 0) is 0 Å². The van der Waals surface area contributed by atoms with Crippen LogP contribution in [0.2, 0.25) is 0 Å². The lowest BCUT2D eigenvalue weighted by Crippen LogP contribution is -2.35. The molecule has 1 aromatic heterocycles. The number of carbonyl (C=O) groups excluding carboxylic acids is 1. The Morgan fingerprint density at radius 1 is 1.21 bits per heavy atom. The van der Waals surface area contributed by atoms with Gasteiger partial charge in [-0.3, -0.25) is 5.32 Å². The fourth-order valence-electron chi connectivity index (χ4n) is 3.39. The molecule has 4 rings (SSSR count). The van der Waals surface area contributed by atoms with Gasteiger partial charge in [0, 0.05) is 12.6 Å². The lowest BCUT2D eigenvalue weighted by Gasteiger charge is -2.25. The molecule has 24 heavy (non-hydrogen) atoms. The number of urea groups is 1. The molecule has 0 spiro atoms. The van der Waals surface area contributed by atoms with Gasteiger partial charge in [0.1, 0.15) is 11.6 Å². The number of amides is 2. The van der Waals surface area contributed by atoms with Crippen LogP contribution in [0.3, 0.4) is 0 Å². The Kier molecular flexibility index (Phi) is 3.88. The molecule has 2 heterocycles. The number of ether oxygens (including phenoxy) is 1. The number of nitrogens with zero attached hydrogens (tertiary/aromatic N) is 3. The van der Waals surface area contributed by atoms with Crippen LogP contribution in [0.1, 0.15) is 43.3 Å². The number of rotatable bonds is 4. The summed E-state index contributed by atoms with van der Waals surface area (Å²) in [6, 6.07) is 10.4. The minimum atomic E-state index is -0.0456. The number of aromatic nitrogens is 2. The summed E-state index contributed by atoms with van der Waals surface area (Å²) in [5.41, 5.74) is 1.15. The predicted molar refractivity (Wildman–Crippen MR) is 91.2 cm³/mol. The number of likely N-dealkylation sites (tertiary alicyclic amines) is 1. The molecule has 1 atom stereocenters. The summed E-state index contributed by atoms with van der Waals surface area (Å²) in [4.78, 5) is 14.7. The Bertz CT molecular complexity index is 721. The van der Waals surface area contributed by atoms with Gasteiger partial charge in [0.05, 0.1) is 25.4 Å². The average molecular weight is 326 g/mol. The Balaban J connectivity index is 1.49. The Morgan fingerprint density at radius 2 is 2.00 bits per heavy atom. The third-order valence-electron chi connectivity index (χ3n) is 4.81.